The molecule has 5 nitrogen and oxygen atoms in total. The Labute approximate surface area is 124 Å². The van der Waals surface area contributed by atoms with Gasteiger partial charge in [-0.2, -0.15) is 5.10 Å². The van der Waals surface area contributed by atoms with Crippen LogP contribution in [-0.2, 0) is 13.6 Å². The van der Waals surface area contributed by atoms with Crippen molar-refractivity contribution in [2.24, 2.45) is 7.05 Å². The molecule has 2 N–H and O–H groups in total. The number of amides is 1. The number of aryl methyl sites for hydroxylation is 1. The van der Waals surface area contributed by atoms with Gasteiger partial charge in [-0.25, -0.2) is 0 Å². The van der Waals surface area contributed by atoms with Crippen molar-refractivity contribution < 1.29 is 4.79 Å². The third-order valence-corrected chi connectivity index (χ3v) is 3.88. The summed E-state index contributed by atoms with van der Waals surface area (Å²) in [5.74, 6) is 0.0205. The molecule has 1 aliphatic rings. The summed E-state index contributed by atoms with van der Waals surface area (Å²) in [6, 6.07) is 7.98. The maximum Gasteiger partial charge on any atom is 0.251 e. The number of hydrogen-bond acceptors (Lipinski definition) is 3. The first-order chi connectivity index (χ1) is 10.1. The molecule has 0 bridgehead atoms. The lowest BCUT2D eigenvalue weighted by Gasteiger charge is -2.08. The fraction of sp³-hybridized carbons (Fsp3) is 0.375. The maximum atomic E-state index is 11.9. The number of nitrogens with one attached hydrogen (secondary N) is 2. The van der Waals surface area contributed by atoms with Crippen molar-refractivity contribution in [2.75, 3.05) is 5.32 Å². The number of hydrogen-bond donors (Lipinski definition) is 2. The van der Waals surface area contributed by atoms with Crippen molar-refractivity contribution >= 4 is 11.6 Å². The standard InChI is InChI=1S/C16H20N4O/c1-11-13(10-18-20(11)2)9-17-14-5-3-12(4-6-14)16(21)19-15-7-8-15/h3-6,10,15,17H,7-9H2,1-2H3,(H,19,21). The summed E-state index contributed by atoms with van der Waals surface area (Å²) in [4.78, 5) is 11.9. The van der Waals surface area contributed by atoms with Gasteiger partial charge in [0.05, 0.1) is 6.20 Å². The van der Waals surface area contributed by atoms with E-state index in [9.17, 15) is 4.79 Å². The first-order valence-corrected chi connectivity index (χ1v) is 7.26. The number of benzene rings is 1. The van der Waals surface area contributed by atoms with Gasteiger partial charge in [0, 0.05) is 42.1 Å². The molecule has 0 radical (unpaired) electrons. The van der Waals surface area contributed by atoms with Crippen LogP contribution in [-0.4, -0.2) is 21.7 Å². The Kier molecular flexibility index (Phi) is 3.64. The first kappa shape index (κ1) is 13.7. The summed E-state index contributed by atoms with van der Waals surface area (Å²) in [6.07, 6.45) is 4.09. The van der Waals surface area contributed by atoms with E-state index in [1.165, 1.54) is 5.56 Å². The lowest BCUT2D eigenvalue weighted by molar-refractivity contribution is 0.0951. The molecule has 21 heavy (non-hydrogen) atoms. The monoisotopic (exact) mass is 284 g/mol. The zero-order valence-corrected chi connectivity index (χ0v) is 12.4. The van der Waals surface area contributed by atoms with Gasteiger partial charge in [-0.05, 0) is 44.0 Å². The molecule has 1 aromatic carbocycles. The van der Waals surface area contributed by atoms with Gasteiger partial charge in [-0.3, -0.25) is 9.48 Å². The van der Waals surface area contributed by atoms with Gasteiger partial charge in [0.1, 0.15) is 0 Å². The summed E-state index contributed by atoms with van der Waals surface area (Å²) < 4.78 is 1.86. The van der Waals surface area contributed by atoms with Gasteiger partial charge < -0.3 is 10.6 Å². The van der Waals surface area contributed by atoms with Crippen LogP contribution in [0.2, 0.25) is 0 Å². The minimum Gasteiger partial charge on any atom is -0.381 e. The molecule has 0 unspecified atom stereocenters. The smallest absolute Gasteiger partial charge is 0.251 e. The highest BCUT2D eigenvalue weighted by atomic mass is 16.1. The van der Waals surface area contributed by atoms with Crippen molar-refractivity contribution in [3.63, 3.8) is 0 Å². The average Bonchev–Trinajstić information content (AvgIpc) is 3.25. The fourth-order valence-corrected chi connectivity index (χ4v) is 2.15. The summed E-state index contributed by atoms with van der Waals surface area (Å²) in [5, 5.41) is 10.6. The van der Waals surface area contributed by atoms with E-state index in [0.717, 1.165) is 30.8 Å². The van der Waals surface area contributed by atoms with Crippen LogP contribution in [0.1, 0.15) is 34.5 Å². The van der Waals surface area contributed by atoms with Gasteiger partial charge in [0.15, 0.2) is 0 Å². The van der Waals surface area contributed by atoms with Crippen LogP contribution in [0.15, 0.2) is 30.5 Å². The Morgan fingerprint density at radius 3 is 2.62 bits per heavy atom. The molecule has 1 fully saturated rings. The van der Waals surface area contributed by atoms with E-state index in [-0.39, 0.29) is 5.91 Å². The van der Waals surface area contributed by atoms with Gasteiger partial charge in [0.2, 0.25) is 0 Å². The minimum atomic E-state index is 0.0205. The van der Waals surface area contributed by atoms with Gasteiger partial charge in [-0.15, -0.1) is 0 Å². The molecule has 1 heterocycles. The Morgan fingerprint density at radius 2 is 2.05 bits per heavy atom. The molecule has 5 heteroatoms. The van der Waals surface area contributed by atoms with Crippen LogP contribution in [0.4, 0.5) is 5.69 Å². The Morgan fingerprint density at radius 1 is 1.33 bits per heavy atom. The summed E-state index contributed by atoms with van der Waals surface area (Å²) >= 11 is 0. The van der Waals surface area contributed by atoms with Crippen molar-refractivity contribution in [1.29, 1.82) is 0 Å². The number of carbonyl (C=O) groups excluding carboxylic acids is 1. The molecule has 1 aliphatic carbocycles. The molecule has 1 aromatic heterocycles. The van der Waals surface area contributed by atoms with Crippen LogP contribution in [0, 0.1) is 6.92 Å². The summed E-state index contributed by atoms with van der Waals surface area (Å²) in [7, 11) is 1.94. The predicted molar refractivity (Wildman–Crippen MR) is 82.2 cm³/mol. The third kappa shape index (κ3) is 3.24. The van der Waals surface area contributed by atoms with Gasteiger partial charge in [-0.1, -0.05) is 0 Å². The molecule has 0 aliphatic heterocycles. The Balaban J connectivity index is 1.59. The van der Waals surface area contributed by atoms with Crippen molar-refractivity contribution in [2.45, 2.75) is 32.4 Å². The highest BCUT2D eigenvalue weighted by Crippen LogP contribution is 2.20. The summed E-state index contributed by atoms with van der Waals surface area (Å²) in [5.41, 5.74) is 4.04. The molecule has 2 aromatic rings. The summed E-state index contributed by atoms with van der Waals surface area (Å²) in [6.45, 7) is 2.78. The fourth-order valence-electron chi connectivity index (χ4n) is 2.15. The van der Waals surface area contributed by atoms with Crippen LogP contribution < -0.4 is 10.6 Å². The van der Waals surface area contributed by atoms with E-state index in [0.29, 0.717) is 11.6 Å². The van der Waals surface area contributed by atoms with E-state index in [4.69, 9.17) is 0 Å². The predicted octanol–water partition coefficient (Wildman–Crippen LogP) is 2.23. The molecule has 0 atom stereocenters. The van der Waals surface area contributed by atoms with Crippen molar-refractivity contribution in [1.82, 2.24) is 15.1 Å². The second-order valence-electron chi connectivity index (χ2n) is 5.56. The molecule has 1 saturated carbocycles. The molecule has 0 spiro atoms. The number of carbonyl (C=O) groups is 1. The quantitative estimate of drug-likeness (QED) is 0.885. The Bertz CT molecular complexity index is 641. The molecule has 0 saturated heterocycles. The maximum absolute atomic E-state index is 11.9. The normalized spacial score (nSPS) is 14.0. The first-order valence-electron chi connectivity index (χ1n) is 7.26. The van der Waals surface area contributed by atoms with Gasteiger partial charge in [0.25, 0.3) is 5.91 Å². The number of rotatable bonds is 5. The topological polar surface area (TPSA) is 59.0 Å². The molecule has 110 valence electrons. The molecule has 1 amide bonds. The highest BCUT2D eigenvalue weighted by Gasteiger charge is 2.23. The SMILES string of the molecule is Cc1c(CNc2ccc(C(=O)NC3CC3)cc2)cnn1C. The van der Waals surface area contributed by atoms with E-state index in [1.807, 2.05) is 42.2 Å². The van der Waals surface area contributed by atoms with Gasteiger partial charge >= 0.3 is 0 Å². The highest BCUT2D eigenvalue weighted by molar-refractivity contribution is 5.94. The second-order valence-corrected chi connectivity index (χ2v) is 5.56. The van der Waals surface area contributed by atoms with Crippen molar-refractivity contribution in [3.05, 3.63) is 47.3 Å². The average molecular weight is 284 g/mol. The van der Waals surface area contributed by atoms with E-state index < -0.39 is 0 Å². The van der Waals surface area contributed by atoms with E-state index >= 15 is 0 Å². The lowest BCUT2D eigenvalue weighted by Crippen LogP contribution is -2.25. The van der Waals surface area contributed by atoms with Crippen LogP contribution in [0.25, 0.3) is 0 Å². The minimum absolute atomic E-state index is 0.0205. The van der Waals surface area contributed by atoms with Crippen LogP contribution in [0.5, 0.6) is 0 Å². The van der Waals surface area contributed by atoms with Crippen LogP contribution >= 0.6 is 0 Å². The third-order valence-electron chi connectivity index (χ3n) is 3.88. The largest absolute Gasteiger partial charge is 0.381 e. The van der Waals surface area contributed by atoms with E-state index in [2.05, 4.69) is 22.7 Å². The number of anilines is 1. The zero-order chi connectivity index (χ0) is 14.8. The van der Waals surface area contributed by atoms with Crippen molar-refractivity contribution in [3.8, 4) is 0 Å². The number of aromatic nitrogens is 2. The zero-order valence-electron chi connectivity index (χ0n) is 12.4. The molecular formula is C16H20N4O. The number of nitrogens with zero attached hydrogens (tertiary/aromatic N) is 2. The lowest BCUT2D eigenvalue weighted by atomic mass is 10.2. The van der Waals surface area contributed by atoms with Crippen LogP contribution in [0.3, 0.4) is 0 Å². The van der Waals surface area contributed by atoms with E-state index in [1.54, 1.807) is 0 Å². The molecule has 3 rings (SSSR count). The second kappa shape index (κ2) is 5.60. The Hall–Kier alpha value is -2.30. The molecular weight excluding hydrogens is 264 g/mol.